The molecule has 2 aromatic carbocycles. The minimum absolute atomic E-state index is 0.00690. The summed E-state index contributed by atoms with van der Waals surface area (Å²) in [6, 6.07) is 19.4. The van der Waals surface area contributed by atoms with Gasteiger partial charge in [0.1, 0.15) is 12.4 Å². The van der Waals surface area contributed by atoms with Crippen LogP contribution in [0.15, 0.2) is 65.7 Å². The van der Waals surface area contributed by atoms with Crippen LogP contribution in [0, 0.1) is 11.3 Å². The zero-order valence-electron chi connectivity index (χ0n) is 20.2. The van der Waals surface area contributed by atoms with Crippen LogP contribution >= 0.6 is 0 Å². The van der Waals surface area contributed by atoms with E-state index in [0.29, 0.717) is 13.0 Å². The molecule has 1 atom stereocenters. The molecule has 1 aliphatic rings. The van der Waals surface area contributed by atoms with Gasteiger partial charge in [-0.2, -0.15) is 10.4 Å². The fourth-order valence-corrected chi connectivity index (χ4v) is 4.41. The molecule has 2 heterocycles. The first-order chi connectivity index (χ1) is 17.0. The van der Waals surface area contributed by atoms with Crippen molar-refractivity contribution in [3.63, 3.8) is 0 Å². The van der Waals surface area contributed by atoms with Gasteiger partial charge in [0, 0.05) is 38.4 Å². The van der Waals surface area contributed by atoms with Gasteiger partial charge in [-0.25, -0.2) is 14.0 Å². The van der Waals surface area contributed by atoms with Gasteiger partial charge < -0.3 is 10.2 Å². The molecule has 3 aromatic rings. The van der Waals surface area contributed by atoms with Crippen LogP contribution in [0.3, 0.4) is 0 Å². The molecule has 1 N–H and O–H groups in total. The van der Waals surface area contributed by atoms with E-state index in [0.717, 1.165) is 43.1 Å². The molecule has 9 nitrogen and oxygen atoms in total. The Balaban J connectivity index is 1.43. The number of amides is 1. The highest BCUT2D eigenvalue weighted by molar-refractivity contribution is 5.83. The maximum absolute atomic E-state index is 13.0. The molecule has 0 aliphatic carbocycles. The number of benzene rings is 2. The van der Waals surface area contributed by atoms with Crippen LogP contribution in [-0.2, 0) is 4.79 Å². The molecule has 0 radical (unpaired) electrons. The van der Waals surface area contributed by atoms with Crippen molar-refractivity contribution in [1.29, 1.82) is 5.26 Å². The van der Waals surface area contributed by atoms with Gasteiger partial charge in [-0.3, -0.25) is 9.69 Å². The highest BCUT2D eigenvalue weighted by Gasteiger charge is 2.30. The average Bonchev–Trinajstić information content (AvgIpc) is 3.27. The molecular weight excluding hydrogens is 442 g/mol. The lowest BCUT2D eigenvalue weighted by Crippen LogP contribution is -2.51. The lowest BCUT2D eigenvalue weighted by molar-refractivity contribution is -0.126. The van der Waals surface area contributed by atoms with E-state index in [9.17, 15) is 9.59 Å². The van der Waals surface area contributed by atoms with E-state index in [1.807, 2.05) is 68.4 Å². The van der Waals surface area contributed by atoms with Gasteiger partial charge in [0.15, 0.2) is 0 Å². The fraction of sp³-hybridized carbons (Fsp3) is 0.385. The van der Waals surface area contributed by atoms with Gasteiger partial charge in [-0.15, -0.1) is 0 Å². The molecule has 0 bridgehead atoms. The van der Waals surface area contributed by atoms with E-state index in [1.54, 1.807) is 10.9 Å². The number of aromatic nitrogens is 3. The van der Waals surface area contributed by atoms with Crippen molar-refractivity contribution >= 4 is 11.6 Å². The monoisotopic (exact) mass is 473 g/mol. The smallest absolute Gasteiger partial charge is 0.350 e. The van der Waals surface area contributed by atoms with Crippen LogP contribution in [0.1, 0.15) is 37.9 Å². The number of hydrogen-bond acceptors (Lipinski definition) is 6. The number of nitrogens with zero attached hydrogens (tertiary/aromatic N) is 6. The predicted octanol–water partition coefficient (Wildman–Crippen LogP) is 2.51. The van der Waals surface area contributed by atoms with Crippen molar-refractivity contribution in [2.75, 3.05) is 37.6 Å². The summed E-state index contributed by atoms with van der Waals surface area (Å²) in [5.74, 6) is -0.0726. The van der Waals surface area contributed by atoms with Crippen LogP contribution < -0.4 is 15.9 Å². The van der Waals surface area contributed by atoms with Gasteiger partial charge in [-0.05, 0) is 43.7 Å². The molecule has 1 unspecified atom stereocenters. The zero-order chi connectivity index (χ0) is 24.8. The molecule has 182 valence electrons. The van der Waals surface area contributed by atoms with Gasteiger partial charge in [0.2, 0.25) is 5.91 Å². The van der Waals surface area contributed by atoms with Crippen molar-refractivity contribution in [3.05, 3.63) is 77.0 Å². The third-order valence-corrected chi connectivity index (χ3v) is 6.25. The Morgan fingerprint density at radius 3 is 2.29 bits per heavy atom. The number of carbonyl (C=O) groups is 1. The van der Waals surface area contributed by atoms with Crippen molar-refractivity contribution in [2.24, 2.45) is 0 Å². The van der Waals surface area contributed by atoms with E-state index < -0.39 is 0 Å². The van der Waals surface area contributed by atoms with Crippen molar-refractivity contribution < 1.29 is 4.79 Å². The lowest BCUT2D eigenvalue weighted by atomic mass is 10.0. The topological polar surface area (TPSA) is 99.2 Å². The minimum atomic E-state index is -0.385. The first-order valence-corrected chi connectivity index (χ1v) is 11.9. The lowest BCUT2D eigenvalue weighted by Gasteiger charge is -2.39. The first kappa shape index (κ1) is 24.2. The fourth-order valence-electron chi connectivity index (χ4n) is 4.41. The molecular formula is C26H31N7O2. The van der Waals surface area contributed by atoms with Gasteiger partial charge in [-0.1, -0.05) is 30.3 Å². The van der Waals surface area contributed by atoms with E-state index >= 15 is 0 Å². The van der Waals surface area contributed by atoms with E-state index in [-0.39, 0.29) is 23.7 Å². The van der Waals surface area contributed by atoms with Crippen LogP contribution in [0.25, 0.3) is 5.69 Å². The molecule has 1 fully saturated rings. The number of carbonyl (C=O) groups excluding carboxylic acids is 1. The number of nitriles is 1. The largest absolute Gasteiger partial charge is 0.369 e. The Morgan fingerprint density at radius 2 is 1.69 bits per heavy atom. The Bertz CT molecular complexity index is 1220. The highest BCUT2D eigenvalue weighted by Crippen LogP contribution is 2.25. The Hall–Kier alpha value is -3.90. The zero-order valence-corrected chi connectivity index (χ0v) is 20.2. The summed E-state index contributed by atoms with van der Waals surface area (Å²) >= 11 is 0. The Kier molecular flexibility index (Phi) is 7.63. The SMILES string of the molecule is CC(C)n1ncn(-c2ccc(N3CCN(C(C(=O)NCCC#N)c4ccccc4)CC3)cc2)c1=O. The van der Waals surface area contributed by atoms with E-state index in [4.69, 9.17) is 5.26 Å². The van der Waals surface area contributed by atoms with Gasteiger partial charge in [0.05, 0.1) is 24.2 Å². The third kappa shape index (κ3) is 5.44. The summed E-state index contributed by atoms with van der Waals surface area (Å²) in [7, 11) is 0. The number of hydrogen-bond donors (Lipinski definition) is 1. The number of rotatable bonds is 8. The van der Waals surface area contributed by atoms with Crippen molar-refractivity contribution in [1.82, 2.24) is 24.6 Å². The first-order valence-electron chi connectivity index (χ1n) is 11.9. The normalized spacial score (nSPS) is 15.1. The van der Waals surface area contributed by atoms with Gasteiger partial charge >= 0.3 is 5.69 Å². The average molecular weight is 474 g/mol. The summed E-state index contributed by atoms with van der Waals surface area (Å²) in [6.45, 7) is 7.23. The summed E-state index contributed by atoms with van der Waals surface area (Å²) in [6.07, 6.45) is 1.85. The molecule has 0 spiro atoms. The second-order valence-corrected chi connectivity index (χ2v) is 8.87. The number of nitrogens with one attached hydrogen (secondary N) is 1. The molecule has 0 saturated carbocycles. The molecule has 9 heteroatoms. The third-order valence-electron chi connectivity index (χ3n) is 6.25. The molecule has 1 aliphatic heterocycles. The molecule has 1 amide bonds. The van der Waals surface area contributed by atoms with Crippen LogP contribution in [0.2, 0.25) is 0 Å². The minimum Gasteiger partial charge on any atom is -0.369 e. The Labute approximate surface area is 205 Å². The number of piperazine rings is 1. The van der Waals surface area contributed by atoms with E-state index in [1.165, 1.54) is 4.68 Å². The highest BCUT2D eigenvalue weighted by atomic mass is 16.2. The summed E-state index contributed by atoms with van der Waals surface area (Å²) in [5, 5.41) is 15.9. The van der Waals surface area contributed by atoms with Crippen LogP contribution in [0.4, 0.5) is 5.69 Å². The summed E-state index contributed by atoms with van der Waals surface area (Å²) in [4.78, 5) is 30.0. The molecule has 1 aromatic heterocycles. The summed E-state index contributed by atoms with van der Waals surface area (Å²) in [5.41, 5.74) is 2.66. The molecule has 4 rings (SSSR count). The molecule has 1 saturated heterocycles. The predicted molar refractivity (Wildman–Crippen MR) is 134 cm³/mol. The maximum atomic E-state index is 13.0. The number of anilines is 1. The quantitative estimate of drug-likeness (QED) is 0.505. The van der Waals surface area contributed by atoms with Gasteiger partial charge in [0.25, 0.3) is 0 Å². The molecule has 35 heavy (non-hydrogen) atoms. The van der Waals surface area contributed by atoms with E-state index in [2.05, 4.69) is 26.3 Å². The van der Waals surface area contributed by atoms with Crippen molar-refractivity contribution in [2.45, 2.75) is 32.4 Å². The standard InChI is InChI=1S/C26H31N7O2/c1-20(2)33-26(35)32(19-29-33)23-11-9-22(10-12-23)30-15-17-31(18-16-30)24(21-7-4-3-5-8-21)25(34)28-14-6-13-27/h3-5,7-12,19-20,24H,6,14-18H2,1-2H3,(H,28,34). The van der Waals surface area contributed by atoms with Crippen molar-refractivity contribution in [3.8, 4) is 11.8 Å². The van der Waals surface area contributed by atoms with Crippen LogP contribution in [0.5, 0.6) is 0 Å². The summed E-state index contributed by atoms with van der Waals surface area (Å²) < 4.78 is 3.02. The second kappa shape index (κ2) is 11.0. The maximum Gasteiger partial charge on any atom is 0.350 e. The van der Waals surface area contributed by atoms with Crippen LogP contribution in [-0.4, -0.2) is 57.9 Å². The second-order valence-electron chi connectivity index (χ2n) is 8.87. The Morgan fingerprint density at radius 1 is 1.03 bits per heavy atom.